The van der Waals surface area contributed by atoms with Crippen molar-refractivity contribution in [1.29, 1.82) is 0 Å². The van der Waals surface area contributed by atoms with Crippen LogP contribution < -0.4 is 4.74 Å². The normalized spacial score (nSPS) is 19.0. The number of carbonyl (C=O) groups is 1. The molecule has 2 N–H and O–H groups in total. The van der Waals surface area contributed by atoms with Gasteiger partial charge < -0.3 is 14.8 Å². The molecule has 1 atom stereocenters. The molecular weight excluding hydrogens is 362 g/mol. The van der Waals surface area contributed by atoms with E-state index in [-0.39, 0.29) is 12.3 Å². The van der Waals surface area contributed by atoms with E-state index in [0.29, 0.717) is 6.61 Å². The number of aromatic nitrogens is 1. The third kappa shape index (κ3) is 3.64. The maximum atomic E-state index is 11.1. The van der Waals surface area contributed by atoms with Gasteiger partial charge in [-0.1, -0.05) is 37.1 Å². The zero-order chi connectivity index (χ0) is 19.8. The Labute approximate surface area is 170 Å². The second-order valence-corrected chi connectivity index (χ2v) is 8.57. The number of carboxylic acid groups (broad SMARTS) is 1. The molecule has 2 aliphatic carbocycles. The lowest BCUT2D eigenvalue weighted by molar-refractivity contribution is -0.137. The maximum absolute atomic E-state index is 11.1. The van der Waals surface area contributed by atoms with Crippen molar-refractivity contribution in [2.75, 3.05) is 0 Å². The van der Waals surface area contributed by atoms with E-state index in [1.54, 1.807) is 0 Å². The van der Waals surface area contributed by atoms with Crippen LogP contribution in [0.4, 0.5) is 0 Å². The summed E-state index contributed by atoms with van der Waals surface area (Å²) in [5.74, 6) is 0.969. The first-order valence-corrected chi connectivity index (χ1v) is 10.8. The topological polar surface area (TPSA) is 62.3 Å². The van der Waals surface area contributed by atoms with Crippen molar-refractivity contribution in [3.8, 4) is 5.75 Å². The highest BCUT2D eigenvalue weighted by Crippen LogP contribution is 2.40. The summed E-state index contributed by atoms with van der Waals surface area (Å²) in [7, 11) is 0. The zero-order valence-corrected chi connectivity index (χ0v) is 16.6. The summed E-state index contributed by atoms with van der Waals surface area (Å²) in [6, 6.07) is 15.0. The summed E-state index contributed by atoms with van der Waals surface area (Å²) in [6.45, 7) is 0.560. The Morgan fingerprint density at radius 2 is 1.86 bits per heavy atom. The molecule has 0 bridgehead atoms. The van der Waals surface area contributed by atoms with Crippen molar-refractivity contribution < 1.29 is 14.6 Å². The van der Waals surface area contributed by atoms with Crippen LogP contribution in [0, 0.1) is 0 Å². The van der Waals surface area contributed by atoms with Crippen LogP contribution in [0.5, 0.6) is 5.75 Å². The quantitative estimate of drug-likeness (QED) is 0.551. The molecule has 0 saturated heterocycles. The van der Waals surface area contributed by atoms with E-state index in [9.17, 15) is 4.79 Å². The van der Waals surface area contributed by atoms with E-state index < -0.39 is 5.97 Å². The molecule has 150 valence electrons. The van der Waals surface area contributed by atoms with Gasteiger partial charge in [0.25, 0.3) is 0 Å². The number of carboxylic acids is 1. The van der Waals surface area contributed by atoms with Crippen molar-refractivity contribution in [2.45, 2.75) is 63.4 Å². The number of fused-ring (bicyclic) bond motifs is 3. The number of hydrogen-bond donors (Lipinski definition) is 2. The van der Waals surface area contributed by atoms with E-state index in [2.05, 4.69) is 35.3 Å². The Kier molecular flexibility index (Phi) is 4.78. The van der Waals surface area contributed by atoms with Crippen molar-refractivity contribution >= 4 is 16.9 Å². The van der Waals surface area contributed by atoms with Gasteiger partial charge in [0.05, 0.1) is 6.42 Å². The lowest BCUT2D eigenvalue weighted by atomic mass is 9.97. The molecule has 1 unspecified atom stereocenters. The number of rotatable bonds is 6. The summed E-state index contributed by atoms with van der Waals surface area (Å²) in [5, 5.41) is 10.3. The predicted octanol–water partition coefficient (Wildman–Crippen LogP) is 5.91. The van der Waals surface area contributed by atoms with Gasteiger partial charge in [-0.05, 0) is 66.5 Å². The fourth-order valence-electron chi connectivity index (χ4n) is 5.14. The van der Waals surface area contributed by atoms with Gasteiger partial charge in [0.15, 0.2) is 0 Å². The summed E-state index contributed by atoms with van der Waals surface area (Å²) in [4.78, 5) is 14.6. The van der Waals surface area contributed by atoms with Gasteiger partial charge in [-0.25, -0.2) is 0 Å². The summed E-state index contributed by atoms with van der Waals surface area (Å²) in [6.07, 6.45) is 7.39. The molecule has 4 nitrogen and oxygen atoms in total. The Balaban J connectivity index is 1.29. The number of ether oxygens (including phenoxy) is 1. The van der Waals surface area contributed by atoms with Crippen molar-refractivity contribution in [2.24, 2.45) is 0 Å². The average molecular weight is 389 g/mol. The third-order valence-electron chi connectivity index (χ3n) is 6.69. The van der Waals surface area contributed by atoms with Crippen LogP contribution in [0.3, 0.4) is 0 Å². The average Bonchev–Trinajstić information content (AvgIpc) is 3.45. The molecule has 2 aliphatic rings. The molecule has 1 saturated carbocycles. The minimum atomic E-state index is -0.732. The standard InChI is InChI=1S/C25H27NO3/c27-24(28)13-19-9-11-21-22-14-20(10-12-23(22)26-25(19)21)29-15-16-5-7-18(8-6-16)17-3-1-2-4-17/h5-8,10,12,14,17,19,26H,1-4,9,11,13,15H2,(H,27,28). The highest BCUT2D eigenvalue weighted by molar-refractivity contribution is 5.87. The van der Waals surface area contributed by atoms with Gasteiger partial charge in [-0.15, -0.1) is 0 Å². The first-order valence-electron chi connectivity index (χ1n) is 10.8. The first-order chi connectivity index (χ1) is 14.2. The molecule has 1 aromatic heterocycles. The molecular formula is C25H27NO3. The molecule has 0 radical (unpaired) electrons. The highest BCUT2D eigenvalue weighted by atomic mass is 16.5. The number of H-pyrrole nitrogens is 1. The largest absolute Gasteiger partial charge is 0.489 e. The molecule has 2 aromatic carbocycles. The van der Waals surface area contributed by atoms with Gasteiger partial charge in [-0.3, -0.25) is 4.79 Å². The first kappa shape index (κ1) is 18.3. The van der Waals surface area contributed by atoms with Gasteiger partial charge >= 0.3 is 5.97 Å². The molecule has 0 amide bonds. The van der Waals surface area contributed by atoms with Crippen LogP contribution in [0.1, 0.15) is 72.7 Å². The van der Waals surface area contributed by atoms with Gasteiger partial charge in [0, 0.05) is 22.5 Å². The van der Waals surface area contributed by atoms with Crippen LogP contribution in [-0.4, -0.2) is 16.1 Å². The van der Waals surface area contributed by atoms with Gasteiger partial charge in [-0.2, -0.15) is 0 Å². The van der Waals surface area contributed by atoms with Crippen molar-refractivity contribution in [3.63, 3.8) is 0 Å². The van der Waals surface area contributed by atoms with Crippen LogP contribution in [-0.2, 0) is 17.8 Å². The monoisotopic (exact) mass is 389 g/mol. The number of aromatic amines is 1. The summed E-state index contributed by atoms with van der Waals surface area (Å²) in [5.41, 5.74) is 6.08. The Morgan fingerprint density at radius 1 is 1.07 bits per heavy atom. The molecule has 4 heteroatoms. The second kappa shape index (κ2) is 7.58. The molecule has 5 rings (SSSR count). The van der Waals surface area contributed by atoms with Gasteiger partial charge in [0.1, 0.15) is 12.4 Å². The summed E-state index contributed by atoms with van der Waals surface area (Å²) < 4.78 is 6.08. The highest BCUT2D eigenvalue weighted by Gasteiger charge is 2.28. The maximum Gasteiger partial charge on any atom is 0.304 e. The van der Waals surface area contributed by atoms with Gasteiger partial charge in [0.2, 0.25) is 0 Å². The fourth-order valence-corrected chi connectivity index (χ4v) is 5.14. The predicted molar refractivity (Wildman–Crippen MR) is 114 cm³/mol. The van der Waals surface area contributed by atoms with Crippen LogP contribution in [0.2, 0.25) is 0 Å². The van der Waals surface area contributed by atoms with Crippen LogP contribution in [0.15, 0.2) is 42.5 Å². The minimum absolute atomic E-state index is 0.0950. The molecule has 3 aromatic rings. The number of nitrogens with one attached hydrogen (secondary N) is 1. The summed E-state index contributed by atoms with van der Waals surface area (Å²) >= 11 is 0. The minimum Gasteiger partial charge on any atom is -0.489 e. The number of aliphatic carboxylic acids is 1. The van der Waals surface area contributed by atoms with E-state index in [1.165, 1.54) is 47.8 Å². The second-order valence-electron chi connectivity index (χ2n) is 8.57. The number of aryl methyl sites for hydroxylation is 1. The fraction of sp³-hybridized carbons (Fsp3) is 0.400. The van der Waals surface area contributed by atoms with Crippen LogP contribution >= 0.6 is 0 Å². The van der Waals surface area contributed by atoms with Crippen molar-refractivity contribution in [1.82, 2.24) is 4.98 Å². The van der Waals surface area contributed by atoms with E-state index in [4.69, 9.17) is 9.84 Å². The van der Waals surface area contributed by atoms with E-state index >= 15 is 0 Å². The number of hydrogen-bond acceptors (Lipinski definition) is 2. The Hall–Kier alpha value is -2.75. The SMILES string of the molecule is O=C(O)CC1CCc2c1[nH]c1ccc(OCc3ccc(C4CCCC4)cc3)cc21. The Bertz CT molecular complexity index is 1030. The smallest absolute Gasteiger partial charge is 0.304 e. The molecule has 0 aliphatic heterocycles. The lowest BCUT2D eigenvalue weighted by Crippen LogP contribution is -2.03. The van der Waals surface area contributed by atoms with Crippen LogP contribution in [0.25, 0.3) is 10.9 Å². The number of benzene rings is 2. The van der Waals surface area contributed by atoms with Crippen molar-refractivity contribution in [3.05, 3.63) is 64.8 Å². The third-order valence-corrected chi connectivity index (χ3v) is 6.69. The van der Waals surface area contributed by atoms with E-state index in [1.807, 2.05) is 12.1 Å². The zero-order valence-electron chi connectivity index (χ0n) is 16.6. The molecule has 29 heavy (non-hydrogen) atoms. The van der Waals surface area contributed by atoms with E-state index in [0.717, 1.165) is 35.7 Å². The molecule has 1 fully saturated rings. The lowest BCUT2D eigenvalue weighted by Gasteiger charge is -2.11. The molecule has 1 heterocycles. The molecule has 0 spiro atoms. The Morgan fingerprint density at radius 3 is 2.62 bits per heavy atom.